The van der Waals surface area contributed by atoms with Gasteiger partial charge in [-0.25, -0.2) is 8.42 Å². The molecule has 0 bridgehead atoms. The standard InChI is InChI=1S/C19H24N2O3S/c1-4-5-6-19(22)20-17-12-9-15(3)13-18(17)21-25(23,24)16-10-7-14(2)8-11-16/h7-13,21H,4-6H2,1-3H3,(H,20,22). The van der Waals surface area contributed by atoms with E-state index < -0.39 is 10.0 Å². The van der Waals surface area contributed by atoms with E-state index in [0.717, 1.165) is 24.0 Å². The van der Waals surface area contributed by atoms with Gasteiger partial charge in [-0.05, 0) is 50.1 Å². The average molecular weight is 360 g/mol. The Morgan fingerprint density at radius 1 is 0.960 bits per heavy atom. The summed E-state index contributed by atoms with van der Waals surface area (Å²) in [5.74, 6) is -0.124. The molecule has 0 aliphatic heterocycles. The molecule has 0 fully saturated rings. The first-order valence-electron chi connectivity index (χ1n) is 8.32. The highest BCUT2D eigenvalue weighted by atomic mass is 32.2. The van der Waals surface area contributed by atoms with E-state index >= 15 is 0 Å². The third kappa shape index (κ3) is 5.32. The van der Waals surface area contributed by atoms with Gasteiger partial charge in [-0.2, -0.15) is 0 Å². The quantitative estimate of drug-likeness (QED) is 0.776. The molecule has 5 nitrogen and oxygen atoms in total. The molecule has 6 heteroatoms. The number of unbranched alkanes of at least 4 members (excludes halogenated alkanes) is 1. The molecule has 2 aromatic carbocycles. The molecule has 1 amide bonds. The summed E-state index contributed by atoms with van der Waals surface area (Å²) in [5, 5.41) is 2.79. The number of nitrogens with one attached hydrogen (secondary N) is 2. The zero-order valence-electron chi connectivity index (χ0n) is 14.8. The molecule has 0 heterocycles. The van der Waals surface area contributed by atoms with Crippen LogP contribution in [0.3, 0.4) is 0 Å². The van der Waals surface area contributed by atoms with Gasteiger partial charge in [0.2, 0.25) is 5.91 Å². The molecule has 2 aromatic rings. The molecule has 0 unspecified atom stereocenters. The van der Waals surface area contributed by atoms with Crippen LogP contribution in [0.15, 0.2) is 47.4 Å². The fourth-order valence-corrected chi connectivity index (χ4v) is 3.39. The van der Waals surface area contributed by atoms with Gasteiger partial charge in [0.15, 0.2) is 0 Å². The summed E-state index contributed by atoms with van der Waals surface area (Å²) in [6.07, 6.45) is 2.13. The van der Waals surface area contributed by atoms with Crippen LogP contribution in [0.4, 0.5) is 11.4 Å². The number of anilines is 2. The van der Waals surface area contributed by atoms with Crippen LogP contribution in [-0.4, -0.2) is 14.3 Å². The molecular formula is C19H24N2O3S. The van der Waals surface area contributed by atoms with Crippen LogP contribution >= 0.6 is 0 Å². The predicted molar refractivity (Wildman–Crippen MR) is 101 cm³/mol. The Labute approximate surface area is 149 Å². The number of rotatable bonds is 7. The first kappa shape index (κ1) is 19.0. The van der Waals surface area contributed by atoms with Crippen molar-refractivity contribution in [3.63, 3.8) is 0 Å². The van der Waals surface area contributed by atoms with E-state index in [1.54, 1.807) is 36.4 Å². The molecular weight excluding hydrogens is 336 g/mol. The van der Waals surface area contributed by atoms with Crippen molar-refractivity contribution in [3.05, 3.63) is 53.6 Å². The number of carbonyl (C=O) groups is 1. The second-order valence-electron chi connectivity index (χ2n) is 6.12. The molecule has 2 rings (SSSR count). The van der Waals surface area contributed by atoms with Crippen LogP contribution in [0.25, 0.3) is 0 Å². The Bertz CT molecular complexity index is 843. The lowest BCUT2D eigenvalue weighted by Crippen LogP contribution is -2.17. The zero-order valence-corrected chi connectivity index (χ0v) is 15.6. The van der Waals surface area contributed by atoms with E-state index in [1.807, 2.05) is 26.8 Å². The topological polar surface area (TPSA) is 75.3 Å². The van der Waals surface area contributed by atoms with E-state index in [2.05, 4.69) is 10.0 Å². The summed E-state index contributed by atoms with van der Waals surface area (Å²) in [7, 11) is -3.72. The van der Waals surface area contributed by atoms with Crippen LogP contribution in [0.2, 0.25) is 0 Å². The molecule has 0 radical (unpaired) electrons. The van der Waals surface area contributed by atoms with Crippen molar-refractivity contribution >= 4 is 27.3 Å². The van der Waals surface area contributed by atoms with Gasteiger partial charge in [0.25, 0.3) is 10.0 Å². The van der Waals surface area contributed by atoms with Crippen LogP contribution in [-0.2, 0) is 14.8 Å². The van der Waals surface area contributed by atoms with Crippen LogP contribution in [0.5, 0.6) is 0 Å². The van der Waals surface area contributed by atoms with Crippen molar-refractivity contribution in [2.45, 2.75) is 44.9 Å². The van der Waals surface area contributed by atoms with Gasteiger partial charge in [0.1, 0.15) is 0 Å². The maximum Gasteiger partial charge on any atom is 0.261 e. The van der Waals surface area contributed by atoms with Crippen molar-refractivity contribution < 1.29 is 13.2 Å². The van der Waals surface area contributed by atoms with Gasteiger partial charge in [-0.15, -0.1) is 0 Å². The predicted octanol–water partition coefficient (Wildman–Crippen LogP) is 4.23. The average Bonchev–Trinajstić information content (AvgIpc) is 2.55. The molecule has 0 spiro atoms. The highest BCUT2D eigenvalue weighted by Crippen LogP contribution is 2.26. The molecule has 0 aliphatic carbocycles. The number of aryl methyl sites for hydroxylation is 2. The number of benzene rings is 2. The molecule has 134 valence electrons. The summed E-state index contributed by atoms with van der Waals surface area (Å²) in [6.45, 7) is 5.78. The number of carbonyl (C=O) groups excluding carboxylic acids is 1. The number of hydrogen-bond donors (Lipinski definition) is 2. The van der Waals surface area contributed by atoms with Crippen LogP contribution in [0.1, 0.15) is 37.3 Å². The summed E-state index contributed by atoms with van der Waals surface area (Å²) in [4.78, 5) is 12.2. The second kappa shape index (κ2) is 8.16. The lowest BCUT2D eigenvalue weighted by atomic mass is 10.2. The second-order valence-corrected chi connectivity index (χ2v) is 7.80. The van der Waals surface area contributed by atoms with Crippen LogP contribution in [0, 0.1) is 13.8 Å². The van der Waals surface area contributed by atoms with Gasteiger partial charge >= 0.3 is 0 Å². The maximum atomic E-state index is 12.6. The Balaban J connectivity index is 2.27. The smallest absolute Gasteiger partial charge is 0.261 e. The van der Waals surface area contributed by atoms with E-state index in [0.29, 0.717) is 17.8 Å². The molecule has 2 N–H and O–H groups in total. The van der Waals surface area contributed by atoms with E-state index in [1.165, 1.54) is 0 Å². The maximum absolute atomic E-state index is 12.6. The van der Waals surface area contributed by atoms with E-state index in [-0.39, 0.29) is 10.8 Å². The van der Waals surface area contributed by atoms with Crippen molar-refractivity contribution in [3.8, 4) is 0 Å². The highest BCUT2D eigenvalue weighted by Gasteiger charge is 2.17. The lowest BCUT2D eigenvalue weighted by Gasteiger charge is -2.14. The Hall–Kier alpha value is -2.34. The largest absolute Gasteiger partial charge is 0.324 e. The van der Waals surface area contributed by atoms with Gasteiger partial charge in [0.05, 0.1) is 16.3 Å². The van der Waals surface area contributed by atoms with Crippen molar-refractivity contribution in [1.29, 1.82) is 0 Å². The monoisotopic (exact) mass is 360 g/mol. The SMILES string of the molecule is CCCCC(=O)Nc1ccc(C)cc1NS(=O)(=O)c1ccc(C)cc1. The van der Waals surface area contributed by atoms with Gasteiger partial charge in [0, 0.05) is 6.42 Å². The number of amides is 1. The third-order valence-corrected chi connectivity index (χ3v) is 5.16. The molecule has 0 atom stereocenters. The summed E-state index contributed by atoms with van der Waals surface area (Å²) < 4.78 is 27.8. The molecule has 0 saturated heterocycles. The molecule has 25 heavy (non-hydrogen) atoms. The van der Waals surface area contributed by atoms with Crippen molar-refractivity contribution in [1.82, 2.24) is 0 Å². The fourth-order valence-electron chi connectivity index (χ4n) is 2.32. The summed E-state index contributed by atoms with van der Waals surface area (Å²) in [5.41, 5.74) is 2.71. The Kier molecular flexibility index (Phi) is 6.20. The van der Waals surface area contributed by atoms with E-state index in [9.17, 15) is 13.2 Å². The fraction of sp³-hybridized carbons (Fsp3) is 0.316. The van der Waals surface area contributed by atoms with Crippen molar-refractivity contribution in [2.24, 2.45) is 0 Å². The Morgan fingerprint density at radius 2 is 1.60 bits per heavy atom. The minimum Gasteiger partial charge on any atom is -0.324 e. The lowest BCUT2D eigenvalue weighted by molar-refractivity contribution is -0.116. The highest BCUT2D eigenvalue weighted by molar-refractivity contribution is 7.92. The third-order valence-electron chi connectivity index (χ3n) is 3.78. The summed E-state index contributed by atoms with van der Waals surface area (Å²) >= 11 is 0. The molecule has 0 aromatic heterocycles. The van der Waals surface area contributed by atoms with Gasteiger partial charge in [-0.1, -0.05) is 37.1 Å². The zero-order chi connectivity index (χ0) is 18.4. The molecule has 0 saturated carbocycles. The molecule has 0 aliphatic rings. The van der Waals surface area contributed by atoms with Gasteiger partial charge < -0.3 is 5.32 Å². The number of hydrogen-bond acceptors (Lipinski definition) is 3. The Morgan fingerprint density at radius 3 is 2.24 bits per heavy atom. The van der Waals surface area contributed by atoms with Crippen LogP contribution < -0.4 is 10.0 Å². The first-order chi connectivity index (χ1) is 11.8. The van der Waals surface area contributed by atoms with E-state index in [4.69, 9.17) is 0 Å². The minimum absolute atomic E-state index is 0.124. The first-order valence-corrected chi connectivity index (χ1v) is 9.80. The van der Waals surface area contributed by atoms with Crippen molar-refractivity contribution in [2.75, 3.05) is 10.0 Å². The normalized spacial score (nSPS) is 11.2. The minimum atomic E-state index is -3.72. The summed E-state index contributed by atoms with van der Waals surface area (Å²) in [6, 6.07) is 11.9. The van der Waals surface area contributed by atoms with Gasteiger partial charge in [-0.3, -0.25) is 9.52 Å². The number of sulfonamides is 1.